The zero-order valence-corrected chi connectivity index (χ0v) is 15.6. The molecular formula is C20H23NO6. The second-order valence-electron chi connectivity index (χ2n) is 6.90. The molecule has 144 valence electrons. The van der Waals surface area contributed by atoms with Gasteiger partial charge in [-0.2, -0.15) is 0 Å². The SMILES string of the molecule is CC(C)(C)OC(=O)N[C@@H](CC(=O)c1ccco1)C(=O)OCc1ccccc1. The summed E-state index contributed by atoms with van der Waals surface area (Å²) in [6, 6.07) is 11.0. The zero-order valence-electron chi connectivity index (χ0n) is 15.6. The Morgan fingerprint density at radius 2 is 1.78 bits per heavy atom. The van der Waals surface area contributed by atoms with Crippen molar-refractivity contribution in [2.45, 2.75) is 45.4 Å². The molecule has 2 rings (SSSR count). The summed E-state index contributed by atoms with van der Waals surface area (Å²) in [6.45, 7) is 5.12. The maximum absolute atomic E-state index is 12.4. The van der Waals surface area contributed by atoms with Crippen LogP contribution in [0.3, 0.4) is 0 Å². The Morgan fingerprint density at radius 1 is 1.07 bits per heavy atom. The number of hydrogen-bond acceptors (Lipinski definition) is 6. The minimum atomic E-state index is -1.19. The second-order valence-corrected chi connectivity index (χ2v) is 6.90. The lowest BCUT2D eigenvalue weighted by Gasteiger charge is -2.22. The Morgan fingerprint density at radius 3 is 2.37 bits per heavy atom. The highest BCUT2D eigenvalue weighted by atomic mass is 16.6. The first-order valence-electron chi connectivity index (χ1n) is 8.51. The Balaban J connectivity index is 2.04. The van der Waals surface area contributed by atoms with Crippen LogP contribution in [0.1, 0.15) is 43.3 Å². The van der Waals surface area contributed by atoms with Crippen molar-refractivity contribution in [1.29, 1.82) is 0 Å². The summed E-state index contributed by atoms with van der Waals surface area (Å²) in [5.74, 6) is -1.07. The normalized spacial score (nSPS) is 12.1. The highest BCUT2D eigenvalue weighted by Gasteiger charge is 2.29. The molecule has 0 bridgehead atoms. The van der Waals surface area contributed by atoms with E-state index in [4.69, 9.17) is 13.9 Å². The van der Waals surface area contributed by atoms with Crippen molar-refractivity contribution in [2.24, 2.45) is 0 Å². The summed E-state index contributed by atoms with van der Waals surface area (Å²) in [5, 5.41) is 2.40. The number of esters is 1. The fourth-order valence-corrected chi connectivity index (χ4v) is 2.20. The Kier molecular flexibility index (Phi) is 6.76. The number of furan rings is 1. The molecule has 1 aromatic carbocycles. The van der Waals surface area contributed by atoms with E-state index in [0.29, 0.717) is 0 Å². The third-order valence-electron chi connectivity index (χ3n) is 3.38. The van der Waals surface area contributed by atoms with Gasteiger partial charge in [0.15, 0.2) is 5.76 Å². The van der Waals surface area contributed by atoms with Crippen molar-refractivity contribution in [3.63, 3.8) is 0 Å². The number of nitrogens with one attached hydrogen (secondary N) is 1. The summed E-state index contributed by atoms with van der Waals surface area (Å²) >= 11 is 0. The van der Waals surface area contributed by atoms with E-state index < -0.39 is 29.5 Å². The van der Waals surface area contributed by atoms with Gasteiger partial charge in [0, 0.05) is 6.42 Å². The lowest BCUT2D eigenvalue weighted by Crippen LogP contribution is -2.45. The molecular weight excluding hydrogens is 350 g/mol. The van der Waals surface area contributed by atoms with E-state index in [2.05, 4.69) is 5.32 Å². The summed E-state index contributed by atoms with van der Waals surface area (Å²) in [6.07, 6.45) is 0.244. The average molecular weight is 373 g/mol. The van der Waals surface area contributed by atoms with Gasteiger partial charge in [0.1, 0.15) is 18.2 Å². The van der Waals surface area contributed by atoms with Crippen LogP contribution in [0.15, 0.2) is 53.1 Å². The van der Waals surface area contributed by atoms with E-state index in [1.54, 1.807) is 39.0 Å². The van der Waals surface area contributed by atoms with Gasteiger partial charge in [-0.3, -0.25) is 4.79 Å². The van der Waals surface area contributed by atoms with Crippen LogP contribution in [-0.4, -0.2) is 29.5 Å². The smallest absolute Gasteiger partial charge is 0.408 e. The van der Waals surface area contributed by atoms with Crippen molar-refractivity contribution < 1.29 is 28.3 Å². The monoisotopic (exact) mass is 373 g/mol. The third-order valence-corrected chi connectivity index (χ3v) is 3.38. The molecule has 0 unspecified atom stereocenters. The van der Waals surface area contributed by atoms with E-state index in [-0.39, 0.29) is 18.8 Å². The average Bonchev–Trinajstić information content (AvgIpc) is 3.13. The van der Waals surface area contributed by atoms with Crippen molar-refractivity contribution in [1.82, 2.24) is 5.32 Å². The van der Waals surface area contributed by atoms with Crippen molar-refractivity contribution in [2.75, 3.05) is 0 Å². The topological polar surface area (TPSA) is 94.8 Å². The molecule has 7 nitrogen and oxygen atoms in total. The summed E-state index contributed by atoms with van der Waals surface area (Å²) in [7, 11) is 0. The predicted molar refractivity (Wildman–Crippen MR) is 97.1 cm³/mol. The highest BCUT2D eigenvalue weighted by Crippen LogP contribution is 2.11. The van der Waals surface area contributed by atoms with Crippen molar-refractivity contribution in [3.8, 4) is 0 Å². The Bertz CT molecular complexity index is 762. The van der Waals surface area contributed by atoms with Gasteiger partial charge in [-0.05, 0) is 38.5 Å². The number of benzene rings is 1. The van der Waals surface area contributed by atoms with Gasteiger partial charge in [-0.1, -0.05) is 30.3 Å². The van der Waals surface area contributed by atoms with Crippen LogP contribution in [0, 0.1) is 0 Å². The van der Waals surface area contributed by atoms with E-state index in [9.17, 15) is 14.4 Å². The van der Waals surface area contributed by atoms with E-state index in [1.807, 2.05) is 18.2 Å². The second kappa shape index (κ2) is 9.02. The molecule has 0 fully saturated rings. The number of carbonyl (C=O) groups excluding carboxylic acids is 3. The van der Waals surface area contributed by atoms with Crippen LogP contribution < -0.4 is 5.32 Å². The molecule has 0 radical (unpaired) electrons. The molecule has 0 saturated heterocycles. The third kappa shape index (κ3) is 6.97. The van der Waals surface area contributed by atoms with Gasteiger partial charge < -0.3 is 19.2 Å². The number of Topliss-reactive ketones (excluding diaryl/α,β-unsaturated/α-hetero) is 1. The first kappa shape index (κ1) is 20.2. The van der Waals surface area contributed by atoms with Crippen LogP contribution in [0.4, 0.5) is 4.79 Å². The fraction of sp³-hybridized carbons (Fsp3) is 0.350. The molecule has 1 N–H and O–H groups in total. The predicted octanol–water partition coefficient (Wildman–Crippen LogP) is 3.49. The number of ketones is 1. The van der Waals surface area contributed by atoms with Gasteiger partial charge in [0.25, 0.3) is 0 Å². The molecule has 0 saturated carbocycles. The molecule has 0 aliphatic heterocycles. The summed E-state index contributed by atoms with van der Waals surface area (Å²) < 4.78 is 15.5. The van der Waals surface area contributed by atoms with Gasteiger partial charge in [0.05, 0.1) is 6.26 Å². The van der Waals surface area contributed by atoms with Crippen molar-refractivity contribution >= 4 is 17.8 Å². The fourth-order valence-electron chi connectivity index (χ4n) is 2.20. The van der Waals surface area contributed by atoms with Crippen molar-refractivity contribution in [3.05, 3.63) is 60.1 Å². The Hall–Kier alpha value is -3.09. The van der Waals surface area contributed by atoms with Gasteiger partial charge in [-0.25, -0.2) is 9.59 Å². The molecule has 0 spiro atoms. The van der Waals surface area contributed by atoms with E-state index >= 15 is 0 Å². The number of rotatable bonds is 7. The maximum Gasteiger partial charge on any atom is 0.408 e. The van der Waals surface area contributed by atoms with Gasteiger partial charge >= 0.3 is 12.1 Å². The van der Waals surface area contributed by atoms with Crippen LogP contribution >= 0.6 is 0 Å². The molecule has 1 heterocycles. The van der Waals surface area contributed by atoms with Crippen LogP contribution in [0.5, 0.6) is 0 Å². The highest BCUT2D eigenvalue weighted by molar-refractivity contribution is 5.97. The molecule has 1 atom stereocenters. The van der Waals surface area contributed by atoms with Gasteiger partial charge in [-0.15, -0.1) is 0 Å². The largest absolute Gasteiger partial charge is 0.461 e. The minimum absolute atomic E-state index is 0.0289. The quantitative estimate of drug-likeness (QED) is 0.590. The van der Waals surface area contributed by atoms with Crippen LogP contribution in [0.25, 0.3) is 0 Å². The molecule has 1 amide bonds. The lowest BCUT2D eigenvalue weighted by atomic mass is 10.1. The molecule has 0 aliphatic carbocycles. The number of alkyl carbamates (subject to hydrolysis) is 1. The van der Waals surface area contributed by atoms with E-state index in [1.165, 1.54) is 12.3 Å². The number of hydrogen-bond donors (Lipinski definition) is 1. The number of amides is 1. The minimum Gasteiger partial charge on any atom is -0.461 e. The number of carbonyl (C=O) groups is 3. The van der Waals surface area contributed by atoms with Crippen LogP contribution in [0.2, 0.25) is 0 Å². The molecule has 2 aromatic rings. The zero-order chi connectivity index (χ0) is 19.9. The summed E-state index contributed by atoms with van der Waals surface area (Å²) in [4.78, 5) is 36.8. The first-order valence-corrected chi connectivity index (χ1v) is 8.51. The standard InChI is InChI=1S/C20H23NO6/c1-20(2,3)27-19(24)21-15(12-16(22)17-10-7-11-25-17)18(23)26-13-14-8-5-4-6-9-14/h4-11,15H,12-13H2,1-3H3,(H,21,24)/t15-/m0/s1. The van der Waals surface area contributed by atoms with E-state index in [0.717, 1.165) is 5.56 Å². The molecule has 0 aliphatic rings. The molecule has 1 aromatic heterocycles. The number of ether oxygens (including phenoxy) is 2. The summed E-state index contributed by atoms with van der Waals surface area (Å²) in [5.41, 5.74) is 0.0485. The van der Waals surface area contributed by atoms with Crippen LogP contribution in [-0.2, 0) is 20.9 Å². The lowest BCUT2D eigenvalue weighted by molar-refractivity contribution is -0.147. The molecule has 7 heteroatoms. The maximum atomic E-state index is 12.4. The molecule has 27 heavy (non-hydrogen) atoms. The first-order chi connectivity index (χ1) is 12.7. The van der Waals surface area contributed by atoms with Gasteiger partial charge in [0.2, 0.25) is 5.78 Å². The Labute approximate surface area is 157 Å².